The van der Waals surface area contributed by atoms with Crippen LogP contribution in [0.1, 0.15) is 52.9 Å². The summed E-state index contributed by atoms with van der Waals surface area (Å²) in [4.78, 5) is 1.25. The van der Waals surface area contributed by atoms with E-state index in [2.05, 4.69) is 25.9 Å². The summed E-state index contributed by atoms with van der Waals surface area (Å²) in [5, 5.41) is 13.4. The van der Waals surface area contributed by atoms with Gasteiger partial charge in [0.2, 0.25) is 0 Å². The van der Waals surface area contributed by atoms with E-state index < -0.39 is 0 Å². The Bertz CT molecular complexity index is 423. The molecule has 0 aromatic carbocycles. The monoisotopic (exact) mass is 345 g/mol. The van der Waals surface area contributed by atoms with Gasteiger partial charge in [0, 0.05) is 0 Å². The van der Waals surface area contributed by atoms with Crippen LogP contribution in [0.4, 0.5) is 0 Å². The molecule has 0 amide bonds. The normalized spacial score (nSPS) is 48.3. The predicted octanol–water partition coefficient (Wildman–Crippen LogP) is 3.75. The van der Waals surface area contributed by atoms with Crippen molar-refractivity contribution in [3.05, 3.63) is 0 Å². The zero-order valence-electron chi connectivity index (χ0n) is 13.1. The average molecular weight is 344 g/mol. The number of oxime groups is 1. The van der Waals surface area contributed by atoms with Crippen molar-refractivity contribution in [3.63, 3.8) is 0 Å². The van der Waals surface area contributed by atoms with Crippen molar-refractivity contribution in [2.45, 2.75) is 68.6 Å². The van der Waals surface area contributed by atoms with E-state index in [4.69, 9.17) is 4.74 Å². The molecule has 0 aliphatic heterocycles. The molecular weight excluding hydrogens is 317 g/mol. The molecular formula is C16H27NO2Se. The molecule has 0 heterocycles. The van der Waals surface area contributed by atoms with Crippen molar-refractivity contribution in [2.24, 2.45) is 21.9 Å². The second-order valence-corrected chi connectivity index (χ2v) is 10.4. The topological polar surface area (TPSA) is 41.8 Å². The average Bonchev–Trinajstić information content (AvgIpc) is 2.98. The minimum atomic E-state index is 0.111. The quantitative estimate of drug-likeness (QED) is 0.481. The Balaban J connectivity index is 1.84. The Morgan fingerprint density at radius 1 is 1.25 bits per heavy atom. The van der Waals surface area contributed by atoms with Gasteiger partial charge in [-0.05, 0) is 0 Å². The van der Waals surface area contributed by atoms with Crippen LogP contribution in [0.25, 0.3) is 0 Å². The van der Waals surface area contributed by atoms with Gasteiger partial charge in [0.05, 0.1) is 0 Å². The van der Waals surface area contributed by atoms with Crippen LogP contribution in [-0.2, 0) is 4.74 Å². The first-order valence-corrected chi connectivity index (χ1v) is 9.84. The first-order chi connectivity index (χ1) is 9.45. The van der Waals surface area contributed by atoms with Gasteiger partial charge in [-0.3, -0.25) is 0 Å². The summed E-state index contributed by atoms with van der Waals surface area (Å²) in [5.41, 5.74) is 1.50. The Kier molecular flexibility index (Phi) is 3.72. The molecule has 4 heteroatoms. The molecule has 5 atom stereocenters. The number of ether oxygens (including phenoxy) is 1. The number of nitrogens with zero attached hydrogens (tertiary/aromatic N) is 1. The SMILES string of the molecule is COC1CCCC1[Se][C@@H]1/C(=N/O)[C@]2(C)CC[C@H]1C2(C)C. The summed E-state index contributed by atoms with van der Waals surface area (Å²) in [6.45, 7) is 7.09. The predicted molar refractivity (Wildman–Crippen MR) is 81.7 cm³/mol. The fourth-order valence-corrected chi connectivity index (χ4v) is 9.49. The number of methoxy groups -OCH3 is 1. The van der Waals surface area contributed by atoms with Gasteiger partial charge in [-0.1, -0.05) is 0 Å². The molecule has 3 saturated carbocycles. The molecule has 2 bridgehead atoms. The summed E-state index contributed by atoms with van der Waals surface area (Å²) in [6.07, 6.45) is 6.76. The fourth-order valence-electron chi connectivity index (χ4n) is 4.86. The molecule has 3 rings (SSSR count). The number of hydrogen-bond acceptors (Lipinski definition) is 3. The second kappa shape index (κ2) is 5.00. The van der Waals surface area contributed by atoms with Gasteiger partial charge in [0.1, 0.15) is 0 Å². The molecule has 0 saturated heterocycles. The third-order valence-electron chi connectivity index (χ3n) is 6.63. The van der Waals surface area contributed by atoms with Crippen molar-refractivity contribution in [1.29, 1.82) is 0 Å². The molecule has 20 heavy (non-hydrogen) atoms. The fraction of sp³-hybridized carbons (Fsp3) is 0.938. The van der Waals surface area contributed by atoms with Gasteiger partial charge < -0.3 is 0 Å². The van der Waals surface area contributed by atoms with E-state index in [0.29, 0.717) is 36.6 Å². The van der Waals surface area contributed by atoms with Crippen LogP contribution in [-0.4, -0.2) is 39.1 Å². The summed E-state index contributed by atoms with van der Waals surface area (Å²) in [5.74, 6) is 0.705. The Labute approximate surface area is 128 Å². The molecule has 0 aromatic heterocycles. The maximum absolute atomic E-state index is 9.62. The van der Waals surface area contributed by atoms with Crippen LogP contribution >= 0.6 is 0 Å². The molecule has 114 valence electrons. The zero-order valence-corrected chi connectivity index (χ0v) is 14.8. The summed E-state index contributed by atoms with van der Waals surface area (Å²) in [6, 6.07) is 0. The molecule has 3 aliphatic rings. The van der Waals surface area contributed by atoms with Gasteiger partial charge in [0.15, 0.2) is 0 Å². The number of rotatable bonds is 3. The van der Waals surface area contributed by atoms with Crippen LogP contribution in [0.3, 0.4) is 0 Å². The minimum absolute atomic E-state index is 0.111. The summed E-state index contributed by atoms with van der Waals surface area (Å²) in [7, 11) is 1.85. The van der Waals surface area contributed by atoms with E-state index in [0.717, 1.165) is 5.71 Å². The third kappa shape index (κ3) is 1.84. The standard InChI is InChI=1S/C16H27NO2Se/c1-15(2)10-8-9-16(15,3)14(17-18)13(10)20-12-7-5-6-11(12)19-4/h10-13,18H,5-9H2,1-4H3/b17-14-/t10-,11?,12?,13+,16+/m1/s1. The Morgan fingerprint density at radius 3 is 2.65 bits per heavy atom. The van der Waals surface area contributed by atoms with Crippen molar-refractivity contribution >= 4 is 20.7 Å². The second-order valence-electron chi connectivity index (χ2n) is 7.48. The molecule has 0 spiro atoms. The third-order valence-corrected chi connectivity index (χ3v) is 10.3. The molecule has 2 unspecified atom stereocenters. The molecule has 3 nitrogen and oxygen atoms in total. The van der Waals surface area contributed by atoms with Crippen molar-refractivity contribution < 1.29 is 9.94 Å². The summed E-state index contributed by atoms with van der Waals surface area (Å²) < 4.78 is 5.67. The van der Waals surface area contributed by atoms with E-state index in [-0.39, 0.29) is 10.8 Å². The molecule has 0 radical (unpaired) electrons. The van der Waals surface area contributed by atoms with Crippen molar-refractivity contribution in [2.75, 3.05) is 7.11 Å². The maximum atomic E-state index is 9.62. The van der Waals surface area contributed by atoms with Gasteiger partial charge in [-0.15, -0.1) is 0 Å². The zero-order chi connectivity index (χ0) is 14.5. The molecule has 3 aliphatic carbocycles. The van der Waals surface area contributed by atoms with Crippen LogP contribution in [0.15, 0.2) is 5.16 Å². The number of hydrogen-bond donors (Lipinski definition) is 1. The first-order valence-electron chi connectivity index (χ1n) is 7.86. The van der Waals surface area contributed by atoms with Gasteiger partial charge in [-0.2, -0.15) is 0 Å². The van der Waals surface area contributed by atoms with Crippen molar-refractivity contribution in [3.8, 4) is 0 Å². The van der Waals surface area contributed by atoms with E-state index >= 15 is 0 Å². The Morgan fingerprint density at radius 2 is 2.00 bits per heavy atom. The van der Waals surface area contributed by atoms with Crippen LogP contribution < -0.4 is 0 Å². The van der Waals surface area contributed by atoms with E-state index in [1.807, 2.05) is 7.11 Å². The van der Waals surface area contributed by atoms with Crippen molar-refractivity contribution in [1.82, 2.24) is 0 Å². The van der Waals surface area contributed by atoms with Crippen LogP contribution in [0.2, 0.25) is 9.63 Å². The molecule has 1 N–H and O–H groups in total. The summed E-state index contributed by atoms with van der Waals surface area (Å²) >= 11 is 0.499. The Hall–Kier alpha value is -0.0505. The van der Waals surface area contributed by atoms with Crippen LogP contribution in [0, 0.1) is 16.7 Å². The van der Waals surface area contributed by atoms with Gasteiger partial charge in [-0.25, -0.2) is 0 Å². The van der Waals surface area contributed by atoms with E-state index in [1.165, 1.54) is 32.1 Å². The first kappa shape index (κ1) is 14.9. The van der Waals surface area contributed by atoms with Gasteiger partial charge in [0.25, 0.3) is 0 Å². The number of fused-ring (bicyclic) bond motifs is 2. The van der Waals surface area contributed by atoms with Gasteiger partial charge >= 0.3 is 128 Å². The molecule has 3 fully saturated rings. The molecule has 0 aromatic rings. The van der Waals surface area contributed by atoms with E-state index in [1.54, 1.807) is 0 Å². The van der Waals surface area contributed by atoms with E-state index in [9.17, 15) is 5.21 Å². The van der Waals surface area contributed by atoms with Crippen LogP contribution in [0.5, 0.6) is 0 Å².